The molecule has 0 heterocycles. The lowest BCUT2D eigenvalue weighted by Gasteiger charge is -2.17. The van der Waals surface area contributed by atoms with Gasteiger partial charge >= 0.3 is 0 Å². The molecular weight excluding hydrogens is 404 g/mol. The first kappa shape index (κ1) is 27.3. The van der Waals surface area contributed by atoms with Gasteiger partial charge in [-0.05, 0) is 56.9 Å². The zero-order valence-corrected chi connectivity index (χ0v) is 22.0. The Hall–Kier alpha value is -1.96. The van der Waals surface area contributed by atoms with Crippen molar-refractivity contribution in [2.24, 2.45) is 17.8 Å². The highest BCUT2D eigenvalue weighted by molar-refractivity contribution is 6.24. The third-order valence-electron chi connectivity index (χ3n) is 7.34. The summed E-state index contributed by atoms with van der Waals surface area (Å²) in [7, 11) is 0. The summed E-state index contributed by atoms with van der Waals surface area (Å²) in [5.41, 5.74) is 4.30. The highest BCUT2D eigenvalue weighted by Crippen LogP contribution is 2.28. The number of rotatable bonds is 14. The summed E-state index contributed by atoms with van der Waals surface area (Å²) in [5.74, 6) is 2.42. The monoisotopic (exact) mass is 450 g/mol. The molecule has 2 heteroatoms. The minimum absolute atomic E-state index is 0.00408. The number of carbonyl (C=O) groups excluding carboxylic acids is 2. The maximum atomic E-state index is 12.8. The van der Waals surface area contributed by atoms with Crippen molar-refractivity contribution in [1.82, 2.24) is 0 Å². The molecule has 182 valence electrons. The average molecular weight is 451 g/mol. The van der Waals surface area contributed by atoms with Gasteiger partial charge in [-0.15, -0.1) is 0 Å². The number of benzene rings is 1. The SMILES string of the molecule is C/C(CCCC(C)CCCC(C)CCCC(C)C)=C(/C)CC1=CC(=O)c2ccccc2C1=O. The minimum atomic E-state index is -0.0475. The van der Waals surface area contributed by atoms with E-state index in [4.69, 9.17) is 0 Å². The smallest absolute Gasteiger partial charge is 0.190 e. The summed E-state index contributed by atoms with van der Waals surface area (Å²) in [5, 5.41) is 0. The molecule has 0 fully saturated rings. The van der Waals surface area contributed by atoms with Crippen LogP contribution in [0.4, 0.5) is 0 Å². The van der Waals surface area contributed by atoms with Crippen LogP contribution in [0.1, 0.15) is 126 Å². The van der Waals surface area contributed by atoms with Gasteiger partial charge in [0.05, 0.1) is 0 Å². The molecule has 0 amide bonds. The molecule has 0 N–H and O–H groups in total. The van der Waals surface area contributed by atoms with Crippen LogP contribution in [0.3, 0.4) is 0 Å². The van der Waals surface area contributed by atoms with E-state index in [0.717, 1.165) is 24.2 Å². The molecule has 1 aromatic carbocycles. The van der Waals surface area contributed by atoms with Crippen molar-refractivity contribution in [2.45, 2.75) is 106 Å². The zero-order valence-electron chi connectivity index (χ0n) is 22.0. The third kappa shape index (κ3) is 9.07. The summed E-state index contributed by atoms with van der Waals surface area (Å²) < 4.78 is 0. The number of allylic oxidation sites excluding steroid dienone is 4. The topological polar surface area (TPSA) is 34.1 Å². The molecule has 1 aliphatic carbocycles. The molecule has 0 spiro atoms. The highest BCUT2D eigenvalue weighted by Gasteiger charge is 2.25. The largest absolute Gasteiger partial charge is 0.289 e. The Morgan fingerprint density at radius 2 is 1.27 bits per heavy atom. The van der Waals surface area contributed by atoms with Gasteiger partial charge in [0.1, 0.15) is 0 Å². The Morgan fingerprint density at radius 3 is 1.88 bits per heavy atom. The minimum Gasteiger partial charge on any atom is -0.289 e. The number of ketones is 2. The summed E-state index contributed by atoms with van der Waals surface area (Å²) in [6.07, 6.45) is 13.8. The lowest BCUT2D eigenvalue weighted by molar-refractivity contribution is 0.0982. The van der Waals surface area contributed by atoms with Gasteiger partial charge in [0, 0.05) is 16.7 Å². The summed E-state index contributed by atoms with van der Waals surface area (Å²) in [6, 6.07) is 7.15. The van der Waals surface area contributed by atoms with Gasteiger partial charge in [0.15, 0.2) is 11.6 Å². The quantitative estimate of drug-likeness (QED) is 0.265. The first-order valence-electron chi connectivity index (χ1n) is 13.2. The predicted molar refractivity (Wildman–Crippen MR) is 141 cm³/mol. The number of Topliss-reactive ketones (excluding diaryl/α,β-unsaturated/α-hetero) is 1. The van der Waals surface area contributed by atoms with Gasteiger partial charge in [0.25, 0.3) is 0 Å². The zero-order chi connectivity index (χ0) is 24.4. The third-order valence-corrected chi connectivity index (χ3v) is 7.34. The van der Waals surface area contributed by atoms with E-state index in [0.29, 0.717) is 23.1 Å². The number of fused-ring (bicyclic) bond motifs is 1. The van der Waals surface area contributed by atoms with E-state index in [1.54, 1.807) is 18.2 Å². The van der Waals surface area contributed by atoms with Crippen LogP contribution in [0.25, 0.3) is 0 Å². The number of carbonyl (C=O) groups is 2. The molecule has 0 aromatic heterocycles. The van der Waals surface area contributed by atoms with Crippen LogP contribution in [0.5, 0.6) is 0 Å². The van der Waals surface area contributed by atoms with Crippen LogP contribution in [-0.2, 0) is 0 Å². The fourth-order valence-corrected chi connectivity index (χ4v) is 4.85. The van der Waals surface area contributed by atoms with Crippen molar-refractivity contribution in [3.63, 3.8) is 0 Å². The Kier molecular flexibility index (Phi) is 11.3. The van der Waals surface area contributed by atoms with Crippen molar-refractivity contribution in [3.05, 3.63) is 58.2 Å². The van der Waals surface area contributed by atoms with E-state index in [2.05, 4.69) is 41.5 Å². The van der Waals surface area contributed by atoms with Crippen molar-refractivity contribution in [3.8, 4) is 0 Å². The van der Waals surface area contributed by atoms with E-state index in [-0.39, 0.29) is 11.6 Å². The summed E-state index contributed by atoms with van der Waals surface area (Å²) >= 11 is 0. The fourth-order valence-electron chi connectivity index (χ4n) is 4.85. The Labute approximate surface area is 202 Å². The normalized spacial score (nSPS) is 16.4. The van der Waals surface area contributed by atoms with Crippen LogP contribution in [0.15, 0.2) is 47.1 Å². The van der Waals surface area contributed by atoms with Crippen LogP contribution in [-0.4, -0.2) is 11.6 Å². The van der Waals surface area contributed by atoms with Gasteiger partial charge in [0.2, 0.25) is 0 Å². The lowest BCUT2D eigenvalue weighted by Crippen LogP contribution is -2.17. The molecule has 2 atom stereocenters. The van der Waals surface area contributed by atoms with Gasteiger partial charge < -0.3 is 0 Å². The van der Waals surface area contributed by atoms with E-state index < -0.39 is 0 Å². The van der Waals surface area contributed by atoms with Crippen molar-refractivity contribution < 1.29 is 9.59 Å². The molecule has 1 aliphatic rings. The maximum absolute atomic E-state index is 12.8. The van der Waals surface area contributed by atoms with E-state index in [1.807, 2.05) is 12.1 Å². The maximum Gasteiger partial charge on any atom is 0.190 e. The molecule has 2 rings (SSSR count). The van der Waals surface area contributed by atoms with Gasteiger partial charge in [-0.3, -0.25) is 9.59 Å². The van der Waals surface area contributed by atoms with Crippen molar-refractivity contribution in [2.75, 3.05) is 0 Å². The molecule has 1 aromatic rings. The summed E-state index contributed by atoms with van der Waals surface area (Å²) in [4.78, 5) is 25.2. The van der Waals surface area contributed by atoms with Crippen LogP contribution < -0.4 is 0 Å². The standard InChI is InChI=1S/C31H46O2/c1-22(2)12-9-13-23(3)14-10-15-24(4)16-11-17-25(5)26(6)20-27-21-30(32)28-18-7-8-19-29(28)31(27)33/h7-8,18-19,21-24H,9-17,20H2,1-6H3/b26-25+. The van der Waals surface area contributed by atoms with E-state index >= 15 is 0 Å². The number of hydrogen-bond donors (Lipinski definition) is 0. The predicted octanol–water partition coefficient (Wildman–Crippen LogP) is 9.16. The van der Waals surface area contributed by atoms with Gasteiger partial charge in [-0.25, -0.2) is 0 Å². The Bertz CT molecular complexity index is 855. The lowest BCUT2D eigenvalue weighted by atomic mass is 9.86. The van der Waals surface area contributed by atoms with Gasteiger partial charge in [-0.2, -0.15) is 0 Å². The first-order valence-corrected chi connectivity index (χ1v) is 13.2. The second kappa shape index (κ2) is 13.7. The van der Waals surface area contributed by atoms with E-state index in [1.165, 1.54) is 62.5 Å². The molecular formula is C31H46O2. The van der Waals surface area contributed by atoms with Crippen LogP contribution >= 0.6 is 0 Å². The molecule has 0 aliphatic heterocycles. The molecule has 2 unspecified atom stereocenters. The van der Waals surface area contributed by atoms with Crippen molar-refractivity contribution >= 4 is 11.6 Å². The number of hydrogen-bond acceptors (Lipinski definition) is 2. The molecule has 0 saturated heterocycles. The average Bonchev–Trinajstić information content (AvgIpc) is 2.77. The van der Waals surface area contributed by atoms with Crippen LogP contribution in [0.2, 0.25) is 0 Å². The first-order chi connectivity index (χ1) is 15.7. The Balaban J connectivity index is 1.72. The molecule has 0 bridgehead atoms. The highest BCUT2D eigenvalue weighted by atomic mass is 16.1. The van der Waals surface area contributed by atoms with Crippen LogP contribution in [0, 0.1) is 17.8 Å². The fraction of sp³-hybridized carbons (Fsp3) is 0.613. The second-order valence-electron chi connectivity index (χ2n) is 11.0. The molecule has 0 saturated carbocycles. The molecule has 0 radical (unpaired) electrons. The van der Waals surface area contributed by atoms with E-state index in [9.17, 15) is 9.59 Å². The molecule has 33 heavy (non-hydrogen) atoms. The van der Waals surface area contributed by atoms with Crippen molar-refractivity contribution in [1.29, 1.82) is 0 Å². The second-order valence-corrected chi connectivity index (χ2v) is 11.0. The Morgan fingerprint density at radius 1 is 0.727 bits per heavy atom. The van der Waals surface area contributed by atoms with Gasteiger partial charge in [-0.1, -0.05) is 108 Å². The summed E-state index contributed by atoms with van der Waals surface area (Å²) in [6.45, 7) is 13.7. The molecule has 2 nitrogen and oxygen atoms in total.